The van der Waals surface area contributed by atoms with Crippen molar-refractivity contribution < 1.29 is 9.59 Å². The first kappa shape index (κ1) is 16.2. The van der Waals surface area contributed by atoms with E-state index in [-0.39, 0.29) is 18.2 Å². The minimum absolute atomic E-state index is 0.0820. The van der Waals surface area contributed by atoms with Gasteiger partial charge in [-0.3, -0.25) is 9.59 Å². The fourth-order valence-electron chi connectivity index (χ4n) is 2.08. The van der Waals surface area contributed by atoms with Crippen LogP contribution >= 0.6 is 15.9 Å². The van der Waals surface area contributed by atoms with Crippen LogP contribution in [0.3, 0.4) is 0 Å². The number of carbonyl (C=O) groups is 2. The van der Waals surface area contributed by atoms with Gasteiger partial charge in [-0.1, -0.05) is 40.2 Å². The fraction of sp³-hybridized carbons (Fsp3) is 0.176. The molecule has 22 heavy (non-hydrogen) atoms. The number of rotatable bonds is 5. The molecule has 2 aromatic carbocycles. The molecule has 2 amide bonds. The molecule has 0 aromatic heterocycles. The molecule has 2 aromatic rings. The average Bonchev–Trinajstić information content (AvgIpc) is 2.48. The Balaban J connectivity index is 1.95. The van der Waals surface area contributed by atoms with E-state index in [2.05, 4.69) is 21.2 Å². The predicted molar refractivity (Wildman–Crippen MR) is 91.9 cm³/mol. The first-order valence-corrected chi connectivity index (χ1v) is 7.74. The smallest absolute Gasteiger partial charge is 0.226 e. The summed E-state index contributed by atoms with van der Waals surface area (Å²) in [7, 11) is 0. The summed E-state index contributed by atoms with van der Waals surface area (Å²) in [5.41, 5.74) is 1.53. The molecule has 0 bridgehead atoms. The number of carbonyl (C=O) groups excluding carboxylic acids is 2. The lowest BCUT2D eigenvalue weighted by Gasteiger charge is -2.20. The minimum atomic E-state index is -0.125. The maximum atomic E-state index is 12.0. The summed E-state index contributed by atoms with van der Waals surface area (Å²) in [4.78, 5) is 25.4. The van der Waals surface area contributed by atoms with E-state index >= 15 is 0 Å². The van der Waals surface area contributed by atoms with Gasteiger partial charge in [0.05, 0.1) is 0 Å². The van der Waals surface area contributed by atoms with Gasteiger partial charge in [0.2, 0.25) is 11.8 Å². The number of hydrogen-bond donors (Lipinski definition) is 1. The van der Waals surface area contributed by atoms with Crippen LogP contribution in [0.2, 0.25) is 0 Å². The Hall–Kier alpha value is -2.14. The van der Waals surface area contributed by atoms with Crippen LogP contribution < -0.4 is 10.2 Å². The Bertz CT molecular complexity index is 659. The molecular weight excluding hydrogens is 344 g/mol. The number of hydrogen-bond acceptors (Lipinski definition) is 2. The van der Waals surface area contributed by atoms with Crippen molar-refractivity contribution >= 4 is 39.1 Å². The Morgan fingerprint density at radius 3 is 2.45 bits per heavy atom. The molecule has 114 valence electrons. The molecule has 5 heteroatoms. The van der Waals surface area contributed by atoms with Gasteiger partial charge in [-0.25, -0.2) is 0 Å². The zero-order chi connectivity index (χ0) is 15.9. The number of nitrogens with one attached hydrogen (secondary N) is 1. The highest BCUT2D eigenvalue weighted by Crippen LogP contribution is 2.17. The van der Waals surface area contributed by atoms with E-state index in [9.17, 15) is 9.59 Å². The fourth-order valence-corrected chi connectivity index (χ4v) is 2.48. The Labute approximate surface area is 138 Å². The van der Waals surface area contributed by atoms with Gasteiger partial charge in [0.1, 0.15) is 0 Å². The van der Waals surface area contributed by atoms with Gasteiger partial charge in [0.15, 0.2) is 0 Å². The van der Waals surface area contributed by atoms with Crippen molar-refractivity contribution in [3.8, 4) is 0 Å². The molecular formula is C17H17BrN2O2. The van der Waals surface area contributed by atoms with E-state index in [4.69, 9.17) is 0 Å². The highest BCUT2D eigenvalue weighted by Gasteiger charge is 2.13. The number of halogens is 1. The van der Waals surface area contributed by atoms with E-state index in [1.165, 1.54) is 6.92 Å². The molecule has 1 N–H and O–H groups in total. The quantitative estimate of drug-likeness (QED) is 0.880. The summed E-state index contributed by atoms with van der Waals surface area (Å²) >= 11 is 3.36. The lowest BCUT2D eigenvalue weighted by atomic mass is 10.2. The first-order valence-electron chi connectivity index (χ1n) is 6.95. The highest BCUT2D eigenvalue weighted by molar-refractivity contribution is 9.10. The monoisotopic (exact) mass is 360 g/mol. The molecule has 0 heterocycles. The van der Waals surface area contributed by atoms with Gasteiger partial charge in [-0.15, -0.1) is 0 Å². The Kier molecular flexibility index (Phi) is 5.72. The van der Waals surface area contributed by atoms with E-state index < -0.39 is 0 Å². The van der Waals surface area contributed by atoms with Crippen molar-refractivity contribution in [2.24, 2.45) is 0 Å². The summed E-state index contributed by atoms with van der Waals surface area (Å²) in [6.45, 7) is 1.85. The maximum absolute atomic E-state index is 12.0. The maximum Gasteiger partial charge on any atom is 0.226 e. The van der Waals surface area contributed by atoms with Crippen molar-refractivity contribution in [2.45, 2.75) is 13.3 Å². The SMILES string of the molecule is CC(=O)N(CCC(=O)Nc1cccc(Br)c1)c1ccccc1. The Morgan fingerprint density at radius 2 is 1.82 bits per heavy atom. The van der Waals surface area contributed by atoms with Crippen LogP contribution in [-0.2, 0) is 9.59 Å². The van der Waals surface area contributed by atoms with Crippen molar-refractivity contribution in [2.75, 3.05) is 16.8 Å². The molecule has 0 unspecified atom stereocenters. The second kappa shape index (κ2) is 7.75. The van der Waals surface area contributed by atoms with Crippen LogP contribution in [0, 0.1) is 0 Å². The van der Waals surface area contributed by atoms with Crippen LogP contribution in [-0.4, -0.2) is 18.4 Å². The standard InChI is InChI=1S/C17H17BrN2O2/c1-13(21)20(16-8-3-2-4-9-16)11-10-17(22)19-15-7-5-6-14(18)12-15/h2-9,12H,10-11H2,1H3,(H,19,22). The highest BCUT2D eigenvalue weighted by atomic mass is 79.9. The molecule has 0 fully saturated rings. The second-order valence-electron chi connectivity index (χ2n) is 4.81. The van der Waals surface area contributed by atoms with Gasteiger partial charge in [0, 0.05) is 35.7 Å². The van der Waals surface area contributed by atoms with Crippen LogP contribution in [0.1, 0.15) is 13.3 Å². The molecule has 0 radical (unpaired) electrons. The number of nitrogens with zero attached hydrogens (tertiary/aromatic N) is 1. The van der Waals surface area contributed by atoms with Crippen molar-refractivity contribution in [1.82, 2.24) is 0 Å². The number of anilines is 2. The molecule has 0 aliphatic heterocycles. The van der Waals surface area contributed by atoms with Crippen LogP contribution in [0.5, 0.6) is 0 Å². The normalized spacial score (nSPS) is 10.1. The second-order valence-corrected chi connectivity index (χ2v) is 5.73. The van der Waals surface area contributed by atoms with Crippen molar-refractivity contribution in [3.05, 3.63) is 59.1 Å². The third-order valence-electron chi connectivity index (χ3n) is 3.12. The third-order valence-corrected chi connectivity index (χ3v) is 3.61. The summed E-state index contributed by atoms with van der Waals surface area (Å²) in [5.74, 6) is -0.207. The minimum Gasteiger partial charge on any atom is -0.326 e. The molecule has 0 saturated carbocycles. The van der Waals surface area contributed by atoms with E-state index in [0.717, 1.165) is 15.8 Å². The van der Waals surface area contributed by atoms with Crippen molar-refractivity contribution in [1.29, 1.82) is 0 Å². The number of amides is 2. The zero-order valence-corrected chi connectivity index (χ0v) is 13.8. The molecule has 2 rings (SSSR count). The van der Waals surface area contributed by atoms with Crippen LogP contribution in [0.4, 0.5) is 11.4 Å². The average molecular weight is 361 g/mol. The van der Waals surface area contributed by atoms with Crippen LogP contribution in [0.15, 0.2) is 59.1 Å². The van der Waals surface area contributed by atoms with Gasteiger partial charge in [0.25, 0.3) is 0 Å². The van der Waals surface area contributed by atoms with E-state index in [0.29, 0.717) is 6.54 Å². The number of benzene rings is 2. The van der Waals surface area contributed by atoms with Gasteiger partial charge >= 0.3 is 0 Å². The molecule has 0 spiro atoms. The largest absolute Gasteiger partial charge is 0.326 e. The van der Waals surface area contributed by atoms with E-state index in [1.54, 1.807) is 4.90 Å². The van der Waals surface area contributed by atoms with Gasteiger partial charge in [-0.2, -0.15) is 0 Å². The topological polar surface area (TPSA) is 49.4 Å². The number of para-hydroxylation sites is 1. The molecule has 4 nitrogen and oxygen atoms in total. The van der Waals surface area contributed by atoms with Gasteiger partial charge in [-0.05, 0) is 30.3 Å². The molecule has 0 atom stereocenters. The Morgan fingerprint density at radius 1 is 1.09 bits per heavy atom. The summed E-state index contributed by atoms with van der Waals surface area (Å²) < 4.78 is 0.903. The lowest BCUT2D eigenvalue weighted by molar-refractivity contribution is -0.117. The van der Waals surface area contributed by atoms with E-state index in [1.807, 2.05) is 54.6 Å². The summed E-state index contributed by atoms with van der Waals surface area (Å²) in [5, 5.41) is 2.82. The molecule has 0 aliphatic carbocycles. The van der Waals surface area contributed by atoms with Gasteiger partial charge < -0.3 is 10.2 Å². The van der Waals surface area contributed by atoms with Crippen molar-refractivity contribution in [3.63, 3.8) is 0 Å². The predicted octanol–water partition coefficient (Wildman–Crippen LogP) is 3.83. The summed E-state index contributed by atoms with van der Waals surface area (Å²) in [6, 6.07) is 16.7. The lowest BCUT2D eigenvalue weighted by Crippen LogP contribution is -2.31. The van der Waals surface area contributed by atoms with Crippen LogP contribution in [0.25, 0.3) is 0 Å². The molecule has 0 saturated heterocycles. The zero-order valence-electron chi connectivity index (χ0n) is 12.3. The summed E-state index contributed by atoms with van der Waals surface area (Å²) in [6.07, 6.45) is 0.237. The third kappa shape index (κ3) is 4.70. The first-order chi connectivity index (χ1) is 10.6. The molecule has 0 aliphatic rings.